The second-order valence-electron chi connectivity index (χ2n) is 5.11. The Morgan fingerprint density at radius 1 is 1.27 bits per heavy atom. The van der Waals surface area contributed by atoms with Gasteiger partial charge in [-0.25, -0.2) is 9.59 Å². The molecule has 1 aromatic carbocycles. The van der Waals surface area contributed by atoms with Crippen molar-refractivity contribution in [1.82, 2.24) is 0 Å². The Morgan fingerprint density at radius 3 is 2.45 bits per heavy atom. The van der Waals surface area contributed by atoms with Gasteiger partial charge in [-0.1, -0.05) is 30.3 Å². The van der Waals surface area contributed by atoms with Crippen molar-refractivity contribution >= 4 is 24.6 Å². The Bertz CT molecular complexity index is 498. The van der Waals surface area contributed by atoms with Crippen molar-refractivity contribution in [1.29, 1.82) is 0 Å². The van der Waals surface area contributed by atoms with Gasteiger partial charge in [0.05, 0.1) is 0 Å². The molecule has 1 rings (SSSR count). The lowest BCUT2D eigenvalue weighted by Gasteiger charge is -2.24. The van der Waals surface area contributed by atoms with E-state index in [0.29, 0.717) is 19.4 Å². The average molecular weight is 326 g/mol. The number of ether oxygens (including phenoxy) is 1. The molecule has 0 aliphatic heterocycles. The molecule has 122 valence electrons. The third-order valence-electron chi connectivity index (χ3n) is 3.33. The van der Waals surface area contributed by atoms with Gasteiger partial charge in [0.2, 0.25) is 5.54 Å². The second-order valence-corrected chi connectivity index (χ2v) is 5.84. The number of hydrogen-bond acceptors (Lipinski definition) is 6. The molecule has 0 aromatic heterocycles. The number of nitrogens with two attached hydrogens (primary N) is 2. The van der Waals surface area contributed by atoms with Crippen molar-refractivity contribution in [3.63, 3.8) is 0 Å². The summed E-state index contributed by atoms with van der Waals surface area (Å²) in [7, 11) is 0. The van der Waals surface area contributed by atoms with Crippen LogP contribution in [0.2, 0.25) is 0 Å². The molecule has 1 aromatic rings. The van der Waals surface area contributed by atoms with E-state index < -0.39 is 17.5 Å². The topological polar surface area (TPSA) is 116 Å². The Labute approximate surface area is 135 Å². The molecular formula is C15H22N2O4S. The fourth-order valence-corrected chi connectivity index (χ4v) is 2.16. The number of thiol groups is 1. The zero-order valence-corrected chi connectivity index (χ0v) is 13.2. The van der Waals surface area contributed by atoms with Crippen molar-refractivity contribution in [2.45, 2.75) is 36.7 Å². The number of carboxylic acid groups (broad SMARTS) is 1. The van der Waals surface area contributed by atoms with Crippen molar-refractivity contribution in [3.05, 3.63) is 35.9 Å². The molecule has 0 saturated heterocycles. The molecule has 0 spiro atoms. The van der Waals surface area contributed by atoms with E-state index in [1.165, 1.54) is 0 Å². The Hall–Kier alpha value is -1.57. The van der Waals surface area contributed by atoms with Crippen molar-refractivity contribution in [3.8, 4) is 0 Å². The normalized spacial score (nSPS) is 14.9. The van der Waals surface area contributed by atoms with Crippen LogP contribution in [-0.2, 0) is 20.9 Å². The lowest BCUT2D eigenvalue weighted by molar-refractivity contribution is -0.162. The predicted molar refractivity (Wildman–Crippen MR) is 86.5 cm³/mol. The first-order chi connectivity index (χ1) is 10.4. The molecule has 5 N–H and O–H groups in total. The summed E-state index contributed by atoms with van der Waals surface area (Å²) < 4.78 is 5.05. The molecule has 7 heteroatoms. The summed E-state index contributed by atoms with van der Waals surface area (Å²) in [4.78, 5) is 23.4. The lowest BCUT2D eigenvalue weighted by atomic mass is 9.93. The minimum atomic E-state index is -2.07. The third-order valence-corrected chi connectivity index (χ3v) is 3.85. The lowest BCUT2D eigenvalue weighted by Crippen LogP contribution is -2.56. The van der Waals surface area contributed by atoms with Crippen LogP contribution in [0.3, 0.4) is 0 Å². The van der Waals surface area contributed by atoms with E-state index >= 15 is 0 Å². The number of carbonyl (C=O) groups excluding carboxylic acids is 1. The molecule has 22 heavy (non-hydrogen) atoms. The van der Waals surface area contributed by atoms with Crippen LogP contribution in [0.4, 0.5) is 0 Å². The first-order valence-electron chi connectivity index (χ1n) is 7.01. The molecule has 0 fully saturated rings. The molecule has 6 nitrogen and oxygen atoms in total. The number of carbonyl (C=O) groups is 2. The summed E-state index contributed by atoms with van der Waals surface area (Å²) in [6, 6.07) is 8.98. The van der Waals surface area contributed by atoms with Gasteiger partial charge in [0.1, 0.15) is 6.61 Å². The van der Waals surface area contributed by atoms with Crippen LogP contribution < -0.4 is 11.5 Å². The molecular weight excluding hydrogens is 304 g/mol. The minimum absolute atomic E-state index is 0.0149. The summed E-state index contributed by atoms with van der Waals surface area (Å²) >= 11 is 4.29. The summed E-state index contributed by atoms with van der Waals surface area (Å²) in [6.07, 6.45) is 0.936. The molecule has 2 unspecified atom stereocenters. The van der Waals surface area contributed by atoms with Crippen LogP contribution in [0.5, 0.6) is 0 Å². The van der Waals surface area contributed by atoms with Gasteiger partial charge in [-0.3, -0.25) is 0 Å². The van der Waals surface area contributed by atoms with E-state index in [-0.39, 0.29) is 18.3 Å². The smallest absolute Gasteiger partial charge is 0.338 e. The zero-order valence-electron chi connectivity index (χ0n) is 12.3. The Morgan fingerprint density at radius 2 is 1.91 bits per heavy atom. The van der Waals surface area contributed by atoms with E-state index in [4.69, 9.17) is 16.2 Å². The van der Waals surface area contributed by atoms with E-state index in [9.17, 15) is 14.7 Å². The van der Waals surface area contributed by atoms with Crippen LogP contribution in [0.25, 0.3) is 0 Å². The highest BCUT2D eigenvalue weighted by molar-refractivity contribution is 7.80. The van der Waals surface area contributed by atoms with Crippen molar-refractivity contribution in [2.24, 2.45) is 11.5 Å². The molecule has 0 amide bonds. The maximum absolute atomic E-state index is 12.1. The molecule has 0 saturated carbocycles. The summed E-state index contributed by atoms with van der Waals surface area (Å²) in [5.74, 6) is -2.35. The third kappa shape index (κ3) is 5.32. The highest BCUT2D eigenvalue weighted by Gasteiger charge is 2.43. The first-order valence-corrected chi connectivity index (χ1v) is 7.53. The molecule has 0 aliphatic rings. The number of benzene rings is 1. The van der Waals surface area contributed by atoms with Crippen molar-refractivity contribution < 1.29 is 19.4 Å². The quantitative estimate of drug-likeness (QED) is 0.305. The molecule has 0 radical (unpaired) electrons. The monoisotopic (exact) mass is 326 g/mol. The van der Waals surface area contributed by atoms with Gasteiger partial charge in [0.15, 0.2) is 0 Å². The Kier molecular flexibility index (Phi) is 7.37. The van der Waals surface area contributed by atoms with Gasteiger partial charge >= 0.3 is 11.9 Å². The van der Waals surface area contributed by atoms with E-state index in [0.717, 1.165) is 5.56 Å². The second kappa shape index (κ2) is 8.77. The van der Waals surface area contributed by atoms with Gasteiger partial charge in [0.25, 0.3) is 0 Å². The van der Waals surface area contributed by atoms with Gasteiger partial charge < -0.3 is 21.3 Å². The van der Waals surface area contributed by atoms with E-state index in [2.05, 4.69) is 12.6 Å². The molecule has 0 aliphatic carbocycles. The van der Waals surface area contributed by atoms with Crippen LogP contribution in [0.1, 0.15) is 24.8 Å². The zero-order chi connectivity index (χ0) is 16.6. The maximum atomic E-state index is 12.1. The van der Waals surface area contributed by atoms with Crippen LogP contribution in [0, 0.1) is 0 Å². The standard InChI is InChI=1S/C15H22N2O4S/c16-9-7-12(22)6-8-15(17,13(18)19)14(20)21-10-11-4-2-1-3-5-11/h1-5,12,22H,6-10,16-17H2,(H,18,19). The fourth-order valence-electron chi connectivity index (χ4n) is 1.88. The van der Waals surface area contributed by atoms with Crippen LogP contribution in [-0.4, -0.2) is 34.4 Å². The van der Waals surface area contributed by atoms with Crippen molar-refractivity contribution in [2.75, 3.05) is 6.54 Å². The summed E-state index contributed by atoms with van der Waals surface area (Å²) in [6.45, 7) is 0.427. The minimum Gasteiger partial charge on any atom is -0.479 e. The van der Waals surface area contributed by atoms with E-state index in [1.54, 1.807) is 24.3 Å². The summed E-state index contributed by atoms with van der Waals surface area (Å²) in [5.41, 5.74) is 9.86. The highest BCUT2D eigenvalue weighted by Crippen LogP contribution is 2.19. The number of hydrogen-bond donors (Lipinski definition) is 4. The Balaban J connectivity index is 2.64. The number of esters is 1. The molecule has 2 atom stereocenters. The van der Waals surface area contributed by atoms with E-state index in [1.807, 2.05) is 6.07 Å². The predicted octanol–water partition coefficient (Wildman–Crippen LogP) is 0.939. The fraction of sp³-hybridized carbons (Fsp3) is 0.467. The van der Waals surface area contributed by atoms with Gasteiger partial charge in [-0.05, 0) is 31.4 Å². The van der Waals surface area contributed by atoms with Gasteiger partial charge in [0, 0.05) is 5.25 Å². The maximum Gasteiger partial charge on any atom is 0.338 e. The van der Waals surface area contributed by atoms with Crippen LogP contribution in [0.15, 0.2) is 30.3 Å². The van der Waals surface area contributed by atoms with Gasteiger partial charge in [-0.15, -0.1) is 0 Å². The average Bonchev–Trinajstić information content (AvgIpc) is 2.51. The SMILES string of the molecule is NCCC(S)CCC(N)(C(=O)O)C(=O)OCc1ccccc1. The molecule has 0 heterocycles. The van der Waals surface area contributed by atoms with Crippen LogP contribution >= 0.6 is 12.6 Å². The number of carboxylic acids is 1. The summed E-state index contributed by atoms with van der Waals surface area (Å²) in [5, 5.41) is 9.16. The molecule has 0 bridgehead atoms. The van der Waals surface area contributed by atoms with Gasteiger partial charge in [-0.2, -0.15) is 12.6 Å². The number of aliphatic carboxylic acids is 1. The highest BCUT2D eigenvalue weighted by atomic mass is 32.1. The largest absolute Gasteiger partial charge is 0.479 e. The first kappa shape index (κ1) is 18.5. The number of rotatable bonds is 9.